The molecule has 0 aliphatic heterocycles. The van der Waals surface area contributed by atoms with Crippen LogP contribution in [0.2, 0.25) is 0 Å². The highest BCUT2D eigenvalue weighted by Crippen LogP contribution is 2.45. The maximum absolute atomic E-state index is 13.5. The fourth-order valence-corrected chi connectivity index (χ4v) is 2.37. The summed E-state index contributed by atoms with van der Waals surface area (Å²) in [6.07, 6.45) is -1.03. The van der Waals surface area contributed by atoms with E-state index in [1.54, 1.807) is 0 Å². The van der Waals surface area contributed by atoms with Gasteiger partial charge in [-0.2, -0.15) is 0 Å². The van der Waals surface area contributed by atoms with Crippen molar-refractivity contribution in [3.05, 3.63) is 34.9 Å². The molecule has 1 N–H and O–H groups in total. The Hall–Kier alpha value is -0.990. The molecule has 0 bridgehead atoms. The molecule has 2 atom stereocenters. The second-order valence-electron chi connectivity index (χ2n) is 3.64. The van der Waals surface area contributed by atoms with Crippen molar-refractivity contribution in [1.29, 1.82) is 0 Å². The van der Waals surface area contributed by atoms with Crippen molar-refractivity contribution in [1.82, 2.24) is 4.72 Å². The summed E-state index contributed by atoms with van der Waals surface area (Å²) in [5.41, 5.74) is -1.11. The second-order valence-corrected chi connectivity index (χ2v) is 4.35. The molecular formula is C9H6F4NO2S-. The van der Waals surface area contributed by atoms with Gasteiger partial charge < -0.3 is 4.55 Å². The molecule has 0 heterocycles. The third-order valence-corrected chi connectivity index (χ3v) is 3.01. The molecule has 1 aliphatic rings. The van der Waals surface area contributed by atoms with Crippen molar-refractivity contribution in [2.45, 2.75) is 18.4 Å². The Morgan fingerprint density at radius 1 is 1.35 bits per heavy atom. The summed E-state index contributed by atoms with van der Waals surface area (Å²) in [4.78, 5) is 0. The fourth-order valence-electron chi connectivity index (χ4n) is 1.89. The molecule has 2 rings (SSSR count). The maximum Gasteiger partial charge on any atom is 0.272 e. The quantitative estimate of drug-likeness (QED) is 0.654. The Labute approximate surface area is 96.2 Å². The van der Waals surface area contributed by atoms with Crippen LogP contribution in [0.15, 0.2) is 12.1 Å². The Kier molecular flexibility index (Phi) is 2.96. The monoisotopic (exact) mass is 268 g/mol. The molecule has 0 amide bonds. The zero-order valence-corrected chi connectivity index (χ0v) is 8.99. The lowest BCUT2D eigenvalue weighted by molar-refractivity contribution is -0.0198. The third-order valence-electron chi connectivity index (χ3n) is 2.58. The second kappa shape index (κ2) is 4.04. The van der Waals surface area contributed by atoms with Gasteiger partial charge in [0.05, 0.1) is 0 Å². The molecule has 0 fully saturated rings. The highest BCUT2D eigenvalue weighted by Gasteiger charge is 2.50. The minimum atomic E-state index is -3.55. The largest absolute Gasteiger partial charge is 0.760 e. The number of hydrogen-bond donors (Lipinski definition) is 1. The van der Waals surface area contributed by atoms with Crippen LogP contribution < -0.4 is 4.72 Å². The molecule has 1 aromatic rings. The smallest absolute Gasteiger partial charge is 0.272 e. The van der Waals surface area contributed by atoms with Gasteiger partial charge in [0.25, 0.3) is 5.92 Å². The molecule has 1 unspecified atom stereocenters. The first-order valence-electron chi connectivity index (χ1n) is 4.53. The van der Waals surface area contributed by atoms with E-state index in [9.17, 15) is 26.3 Å². The first kappa shape index (κ1) is 12.5. The predicted octanol–water partition coefficient (Wildman–Crippen LogP) is 1.58. The molecule has 8 heteroatoms. The summed E-state index contributed by atoms with van der Waals surface area (Å²) in [5.74, 6) is -5.57. The first-order chi connectivity index (χ1) is 7.83. The molecule has 0 aromatic heterocycles. The van der Waals surface area contributed by atoms with Gasteiger partial charge in [0.1, 0.15) is 17.7 Å². The average Bonchev–Trinajstić information content (AvgIpc) is 2.46. The third kappa shape index (κ3) is 2.07. The van der Waals surface area contributed by atoms with E-state index >= 15 is 0 Å². The molecule has 0 spiro atoms. The molecule has 1 aliphatic carbocycles. The summed E-state index contributed by atoms with van der Waals surface area (Å²) >= 11 is -2.99. The van der Waals surface area contributed by atoms with E-state index in [1.165, 1.54) is 4.72 Å². The van der Waals surface area contributed by atoms with Gasteiger partial charge in [-0.3, -0.25) is 4.21 Å². The molecule has 0 radical (unpaired) electrons. The van der Waals surface area contributed by atoms with Crippen LogP contribution in [0, 0.1) is 11.6 Å². The van der Waals surface area contributed by atoms with Crippen LogP contribution in [0.5, 0.6) is 0 Å². The number of nitrogens with one attached hydrogen (secondary N) is 1. The number of rotatable bonds is 2. The summed E-state index contributed by atoms with van der Waals surface area (Å²) in [7, 11) is 0. The van der Waals surface area contributed by atoms with Gasteiger partial charge in [0.15, 0.2) is 0 Å². The van der Waals surface area contributed by atoms with Gasteiger partial charge in [-0.1, -0.05) is 0 Å². The zero-order chi connectivity index (χ0) is 12.8. The van der Waals surface area contributed by atoms with Gasteiger partial charge in [-0.25, -0.2) is 22.3 Å². The number of benzene rings is 1. The van der Waals surface area contributed by atoms with E-state index in [2.05, 4.69) is 0 Å². The van der Waals surface area contributed by atoms with Crippen molar-refractivity contribution in [2.24, 2.45) is 0 Å². The Morgan fingerprint density at radius 3 is 2.53 bits per heavy atom. The molecular weight excluding hydrogens is 262 g/mol. The Bertz CT molecular complexity index is 494. The van der Waals surface area contributed by atoms with Crippen LogP contribution in [0.3, 0.4) is 0 Å². The van der Waals surface area contributed by atoms with Crippen LogP contribution in [0.1, 0.15) is 17.2 Å². The average molecular weight is 268 g/mol. The van der Waals surface area contributed by atoms with Gasteiger partial charge in [0.2, 0.25) is 0 Å². The van der Waals surface area contributed by atoms with E-state index in [0.717, 1.165) is 6.07 Å². The van der Waals surface area contributed by atoms with Crippen molar-refractivity contribution >= 4 is 11.3 Å². The van der Waals surface area contributed by atoms with E-state index in [4.69, 9.17) is 0 Å². The number of halogens is 4. The molecule has 0 saturated carbocycles. The Balaban J connectivity index is 2.55. The minimum Gasteiger partial charge on any atom is -0.760 e. The van der Waals surface area contributed by atoms with Crippen molar-refractivity contribution in [3.8, 4) is 0 Å². The summed E-state index contributed by atoms with van der Waals surface area (Å²) in [5, 5.41) is 0. The zero-order valence-electron chi connectivity index (χ0n) is 8.18. The van der Waals surface area contributed by atoms with Crippen molar-refractivity contribution < 1.29 is 26.3 Å². The highest BCUT2D eigenvalue weighted by molar-refractivity contribution is 7.77. The van der Waals surface area contributed by atoms with Crippen LogP contribution in [0.4, 0.5) is 17.6 Å². The van der Waals surface area contributed by atoms with Gasteiger partial charge in [-0.15, -0.1) is 0 Å². The number of alkyl halides is 2. The lowest BCUT2D eigenvalue weighted by Crippen LogP contribution is -2.35. The molecule has 1 aromatic carbocycles. The predicted molar refractivity (Wildman–Crippen MR) is 49.8 cm³/mol. The van der Waals surface area contributed by atoms with Crippen LogP contribution in [-0.4, -0.2) is 14.7 Å². The lowest BCUT2D eigenvalue weighted by atomic mass is 10.1. The summed E-state index contributed by atoms with van der Waals surface area (Å²) in [6, 6.07) is -0.634. The SMILES string of the molecule is O=S([O-])N[C@H]1c2c(F)ccc(F)c2CC1(F)F. The van der Waals surface area contributed by atoms with Crippen molar-refractivity contribution in [3.63, 3.8) is 0 Å². The van der Waals surface area contributed by atoms with Gasteiger partial charge in [-0.05, 0) is 12.1 Å². The summed E-state index contributed by atoms with van der Waals surface area (Å²) in [6.45, 7) is 0. The van der Waals surface area contributed by atoms with E-state index in [-0.39, 0.29) is 0 Å². The van der Waals surface area contributed by atoms with Gasteiger partial charge in [0, 0.05) is 28.8 Å². The van der Waals surface area contributed by atoms with Crippen LogP contribution in [0.25, 0.3) is 0 Å². The van der Waals surface area contributed by atoms with Gasteiger partial charge >= 0.3 is 0 Å². The topological polar surface area (TPSA) is 52.2 Å². The molecule has 94 valence electrons. The Morgan fingerprint density at radius 2 is 1.94 bits per heavy atom. The van der Waals surface area contributed by atoms with E-state index < -0.39 is 52.4 Å². The van der Waals surface area contributed by atoms with Crippen LogP contribution >= 0.6 is 0 Å². The van der Waals surface area contributed by atoms with E-state index in [1.807, 2.05) is 0 Å². The minimum absolute atomic E-state index is 0.488. The standard InChI is InChI=1S/C9H7F4NO2S/c10-5-1-2-6(11)7-4(5)3-9(12,13)8(7)14-17(15)16/h1-2,8,14H,3H2,(H,15,16)/p-1/t8-/m0/s1. The molecule has 3 nitrogen and oxygen atoms in total. The van der Waals surface area contributed by atoms with Crippen LogP contribution in [-0.2, 0) is 17.7 Å². The molecule has 0 saturated heterocycles. The highest BCUT2D eigenvalue weighted by atomic mass is 32.2. The first-order valence-corrected chi connectivity index (χ1v) is 5.60. The maximum atomic E-state index is 13.5. The normalized spacial score (nSPS) is 23.5. The number of fused-ring (bicyclic) bond motifs is 1. The summed E-state index contributed by atoms with van der Waals surface area (Å²) < 4.78 is 75.8. The molecule has 17 heavy (non-hydrogen) atoms. The fraction of sp³-hybridized carbons (Fsp3) is 0.333. The lowest BCUT2D eigenvalue weighted by Gasteiger charge is -2.22. The van der Waals surface area contributed by atoms with E-state index in [0.29, 0.717) is 6.07 Å². The number of hydrogen-bond acceptors (Lipinski definition) is 2. The van der Waals surface area contributed by atoms with Crippen molar-refractivity contribution in [2.75, 3.05) is 0 Å².